The highest BCUT2D eigenvalue weighted by Crippen LogP contribution is 2.46. The van der Waals surface area contributed by atoms with Crippen LogP contribution in [-0.4, -0.2) is 50.9 Å². The Hall–Kier alpha value is -2.85. The largest absolute Gasteiger partial charge is 0.392 e. The number of aliphatic hydroxyl groups excluding tert-OH is 1. The molecule has 3 aliphatic rings. The highest BCUT2D eigenvalue weighted by Gasteiger charge is 2.58. The van der Waals surface area contributed by atoms with E-state index in [9.17, 15) is 19.5 Å². The molecule has 9 heteroatoms. The molecular formula is C21H20N2O7. The maximum atomic E-state index is 13.4. The number of ether oxygens (including phenoxy) is 3. The number of carbonyl (C=O) groups excluding carboxylic acids is 1. The van der Waals surface area contributed by atoms with Crippen LogP contribution in [0.3, 0.4) is 0 Å². The first-order chi connectivity index (χ1) is 14.3. The fraction of sp³-hybridized carbons (Fsp3) is 0.381. The van der Waals surface area contributed by atoms with E-state index in [0.29, 0.717) is 10.1 Å². The lowest BCUT2D eigenvalue weighted by atomic mass is 10.0. The van der Waals surface area contributed by atoms with Crippen LogP contribution in [0.5, 0.6) is 0 Å². The van der Waals surface area contributed by atoms with Crippen LogP contribution >= 0.6 is 0 Å². The van der Waals surface area contributed by atoms with E-state index in [-0.39, 0.29) is 17.9 Å². The summed E-state index contributed by atoms with van der Waals surface area (Å²) in [5.74, 6) is -1.63. The summed E-state index contributed by atoms with van der Waals surface area (Å²) in [5.41, 5.74) is -0.676. The smallest absolute Gasteiger partial charge is 0.340 e. The summed E-state index contributed by atoms with van der Waals surface area (Å²) in [7, 11) is 0. The first-order valence-electron chi connectivity index (χ1n) is 9.61. The van der Waals surface area contributed by atoms with Crippen LogP contribution in [0, 0.1) is 0 Å². The van der Waals surface area contributed by atoms with Crippen LogP contribution in [0.15, 0.2) is 51.6 Å². The molecule has 0 unspecified atom stereocenters. The lowest BCUT2D eigenvalue weighted by molar-refractivity contribution is -0.193. The van der Waals surface area contributed by atoms with E-state index in [1.165, 1.54) is 28.8 Å². The number of aromatic nitrogens is 2. The van der Waals surface area contributed by atoms with Gasteiger partial charge in [0, 0.05) is 11.6 Å². The maximum absolute atomic E-state index is 13.4. The molecule has 30 heavy (non-hydrogen) atoms. The van der Waals surface area contributed by atoms with Gasteiger partial charge in [-0.2, -0.15) is 4.57 Å². The molecule has 1 aromatic heterocycles. The second-order valence-electron chi connectivity index (χ2n) is 7.96. The number of nitrogens with zero attached hydrogens (tertiary/aromatic N) is 2. The Morgan fingerprint density at radius 1 is 1.13 bits per heavy atom. The standard InChI is InChI=1S/C21H20N2O7/c1-21(2)29-16-15-12(10-24)8-13-9-14(25)23(18(26)11-6-4-3-5-7-11)20(27)22(13)19(28-15)17(16)30-21/h3-9,15-17,19,24H,10H2,1-2H3/t15-,16-,17-,19-/m1/s1. The molecule has 2 saturated heterocycles. The summed E-state index contributed by atoms with van der Waals surface area (Å²) < 4.78 is 19.8. The van der Waals surface area contributed by atoms with Crippen LogP contribution in [0.2, 0.25) is 0 Å². The summed E-state index contributed by atoms with van der Waals surface area (Å²) >= 11 is 0. The third kappa shape index (κ3) is 2.74. The summed E-state index contributed by atoms with van der Waals surface area (Å²) in [6.07, 6.45) is -1.20. The molecule has 3 aliphatic heterocycles. The number of hydrogen-bond acceptors (Lipinski definition) is 7. The molecule has 2 bridgehead atoms. The zero-order chi connectivity index (χ0) is 21.2. The van der Waals surface area contributed by atoms with Crippen molar-refractivity contribution in [3.8, 4) is 0 Å². The normalized spacial score (nSPS) is 28.4. The number of fused-ring (bicyclic) bond motifs is 7. The van der Waals surface area contributed by atoms with E-state index >= 15 is 0 Å². The van der Waals surface area contributed by atoms with Crippen molar-refractivity contribution < 1.29 is 24.1 Å². The predicted octanol–water partition coefficient (Wildman–Crippen LogP) is 0.505. The van der Waals surface area contributed by atoms with E-state index in [2.05, 4.69) is 0 Å². The fourth-order valence-electron chi connectivity index (χ4n) is 4.33. The maximum Gasteiger partial charge on any atom is 0.340 e. The van der Waals surface area contributed by atoms with Crippen molar-refractivity contribution in [1.82, 2.24) is 9.13 Å². The SMILES string of the molecule is CC1(C)O[C@@H]2[C@H](O1)[C@@H]1O[C@H]2n2c(cc(=O)n(C(=O)c3ccccc3)c2=O)C=C1CO. The molecule has 0 amide bonds. The topological polar surface area (TPSA) is 109 Å². The Bertz CT molecular complexity index is 1180. The molecule has 9 nitrogen and oxygen atoms in total. The fourth-order valence-corrected chi connectivity index (χ4v) is 4.33. The Labute approximate surface area is 170 Å². The third-order valence-electron chi connectivity index (χ3n) is 5.56. The van der Waals surface area contributed by atoms with Crippen LogP contribution in [0.1, 0.15) is 36.1 Å². The zero-order valence-corrected chi connectivity index (χ0v) is 16.3. The Balaban J connectivity index is 1.71. The van der Waals surface area contributed by atoms with E-state index in [1.54, 1.807) is 32.0 Å². The lowest BCUT2D eigenvalue weighted by Crippen LogP contribution is -2.47. The first-order valence-corrected chi connectivity index (χ1v) is 9.61. The summed E-state index contributed by atoms with van der Waals surface area (Å²) in [4.78, 5) is 39.0. The minimum Gasteiger partial charge on any atom is -0.392 e. The van der Waals surface area contributed by atoms with Gasteiger partial charge in [-0.3, -0.25) is 14.2 Å². The molecular weight excluding hydrogens is 392 g/mol. The van der Waals surface area contributed by atoms with Crippen molar-refractivity contribution in [1.29, 1.82) is 0 Å². The number of carbonyl (C=O) groups is 1. The monoisotopic (exact) mass is 412 g/mol. The van der Waals surface area contributed by atoms with Gasteiger partial charge in [-0.15, -0.1) is 0 Å². The average molecular weight is 412 g/mol. The molecule has 0 saturated carbocycles. The molecule has 0 radical (unpaired) electrons. The molecule has 0 aliphatic carbocycles. The molecule has 5 rings (SSSR count). The van der Waals surface area contributed by atoms with Crippen LogP contribution in [-0.2, 0) is 14.2 Å². The number of aliphatic hydroxyl groups is 1. The molecule has 156 valence electrons. The zero-order valence-electron chi connectivity index (χ0n) is 16.3. The number of rotatable bonds is 2. The van der Waals surface area contributed by atoms with Crippen molar-refractivity contribution in [3.63, 3.8) is 0 Å². The third-order valence-corrected chi connectivity index (χ3v) is 5.56. The van der Waals surface area contributed by atoms with E-state index in [4.69, 9.17) is 14.2 Å². The molecule has 1 aromatic carbocycles. The lowest BCUT2D eigenvalue weighted by Gasteiger charge is -2.24. The van der Waals surface area contributed by atoms with Gasteiger partial charge in [0.2, 0.25) is 0 Å². The minimum atomic E-state index is -0.917. The van der Waals surface area contributed by atoms with Gasteiger partial charge in [-0.25, -0.2) is 4.79 Å². The van der Waals surface area contributed by atoms with Gasteiger partial charge >= 0.3 is 5.69 Å². The van der Waals surface area contributed by atoms with Gasteiger partial charge < -0.3 is 19.3 Å². The van der Waals surface area contributed by atoms with Crippen LogP contribution in [0.4, 0.5) is 0 Å². The summed E-state index contributed by atoms with van der Waals surface area (Å²) in [6.45, 7) is 3.16. The molecule has 0 spiro atoms. The highest BCUT2D eigenvalue weighted by atomic mass is 16.8. The molecule has 2 aromatic rings. The minimum absolute atomic E-state index is 0.210. The first kappa shape index (κ1) is 19.1. The van der Waals surface area contributed by atoms with Gasteiger partial charge in [0.15, 0.2) is 12.0 Å². The van der Waals surface area contributed by atoms with Gasteiger partial charge in [-0.05, 0) is 37.6 Å². The van der Waals surface area contributed by atoms with Gasteiger partial charge in [0.1, 0.15) is 18.3 Å². The second-order valence-corrected chi connectivity index (χ2v) is 7.96. The second kappa shape index (κ2) is 6.58. The van der Waals surface area contributed by atoms with Gasteiger partial charge in [0.25, 0.3) is 11.5 Å². The van der Waals surface area contributed by atoms with Gasteiger partial charge in [0.05, 0.1) is 12.3 Å². The summed E-state index contributed by atoms with van der Waals surface area (Å²) in [5, 5.41) is 9.87. The highest BCUT2D eigenvalue weighted by molar-refractivity contribution is 5.95. The van der Waals surface area contributed by atoms with E-state index in [1.807, 2.05) is 0 Å². The van der Waals surface area contributed by atoms with Gasteiger partial charge in [-0.1, -0.05) is 18.2 Å². The quantitative estimate of drug-likeness (QED) is 0.765. The van der Waals surface area contributed by atoms with E-state index < -0.39 is 47.5 Å². The Morgan fingerprint density at radius 3 is 2.53 bits per heavy atom. The molecule has 1 N–H and O–H groups in total. The van der Waals surface area contributed by atoms with Crippen molar-refractivity contribution in [2.75, 3.05) is 6.61 Å². The van der Waals surface area contributed by atoms with Crippen molar-refractivity contribution in [2.24, 2.45) is 0 Å². The van der Waals surface area contributed by atoms with E-state index in [0.717, 1.165) is 0 Å². The Morgan fingerprint density at radius 2 is 1.83 bits per heavy atom. The summed E-state index contributed by atoms with van der Waals surface area (Å²) in [6, 6.07) is 9.29. The van der Waals surface area contributed by atoms with Crippen molar-refractivity contribution in [3.05, 3.63) is 74.1 Å². The number of benzene rings is 1. The average Bonchev–Trinajstić information content (AvgIpc) is 3.12. The predicted molar refractivity (Wildman–Crippen MR) is 104 cm³/mol. The number of hydrogen-bond donors (Lipinski definition) is 1. The molecule has 4 atom stereocenters. The molecule has 2 fully saturated rings. The van der Waals surface area contributed by atoms with Crippen molar-refractivity contribution in [2.45, 2.75) is 44.2 Å². The van der Waals surface area contributed by atoms with Crippen LogP contribution in [0.25, 0.3) is 6.08 Å². The van der Waals surface area contributed by atoms with Crippen molar-refractivity contribution >= 4 is 12.0 Å². The van der Waals surface area contributed by atoms with Crippen LogP contribution < -0.4 is 11.2 Å². The molecule has 4 heterocycles. The Kier molecular flexibility index (Phi) is 4.19.